The summed E-state index contributed by atoms with van der Waals surface area (Å²) in [5, 5.41) is 2.53. The molecule has 2 N–H and O–H groups in total. The summed E-state index contributed by atoms with van der Waals surface area (Å²) in [4.78, 5) is 20.4. The Bertz CT molecular complexity index is 552. The van der Waals surface area contributed by atoms with Crippen LogP contribution in [-0.2, 0) is 4.79 Å². The quantitative estimate of drug-likeness (QED) is 0.680. The highest BCUT2D eigenvalue weighted by molar-refractivity contribution is 8.01. The fourth-order valence-corrected chi connectivity index (χ4v) is 6.01. The molecule has 0 saturated heterocycles. The Balaban J connectivity index is 1.89. The number of hydrogen-bond acceptors (Lipinski definition) is 5. The molecule has 0 bridgehead atoms. The van der Waals surface area contributed by atoms with E-state index in [2.05, 4.69) is 16.9 Å². The van der Waals surface area contributed by atoms with Crippen LogP contribution in [0.2, 0.25) is 0 Å². The molecular weight excluding hydrogens is 302 g/mol. The molecule has 6 heteroatoms. The van der Waals surface area contributed by atoms with Crippen LogP contribution in [0.4, 0.5) is 0 Å². The van der Waals surface area contributed by atoms with Crippen LogP contribution in [-0.4, -0.2) is 26.4 Å². The molecule has 1 aliphatic heterocycles. The maximum atomic E-state index is 11.5. The third-order valence-corrected chi connectivity index (χ3v) is 7.21. The minimum absolute atomic E-state index is 0.199. The van der Waals surface area contributed by atoms with Crippen molar-refractivity contribution in [1.29, 1.82) is 0 Å². The molecule has 0 radical (unpaired) electrons. The number of rotatable bonds is 4. The first-order valence-corrected chi connectivity index (χ1v) is 9.33. The summed E-state index contributed by atoms with van der Waals surface area (Å²) in [5.74, 6) is 1.09. The number of carbonyl (C=O) groups is 1. The van der Waals surface area contributed by atoms with Crippen LogP contribution in [0.25, 0.3) is 0 Å². The van der Waals surface area contributed by atoms with Gasteiger partial charge in [-0.05, 0) is 25.2 Å². The van der Waals surface area contributed by atoms with Crippen LogP contribution in [0.15, 0.2) is 16.4 Å². The minimum atomic E-state index is -0.255. The van der Waals surface area contributed by atoms with Crippen LogP contribution >= 0.6 is 23.5 Å². The molecule has 1 aromatic rings. The highest BCUT2D eigenvalue weighted by Crippen LogP contribution is 2.54. The molecule has 0 aromatic carbocycles. The second kappa shape index (κ2) is 6.16. The number of fused-ring (bicyclic) bond motifs is 3. The molecule has 3 rings (SSSR count). The van der Waals surface area contributed by atoms with Gasteiger partial charge in [0.2, 0.25) is 5.91 Å². The van der Waals surface area contributed by atoms with Gasteiger partial charge in [-0.1, -0.05) is 32.0 Å². The zero-order chi connectivity index (χ0) is 15.0. The van der Waals surface area contributed by atoms with Crippen molar-refractivity contribution in [2.24, 2.45) is 11.7 Å². The van der Waals surface area contributed by atoms with Crippen molar-refractivity contribution >= 4 is 29.4 Å². The predicted molar refractivity (Wildman–Crippen MR) is 86.6 cm³/mol. The van der Waals surface area contributed by atoms with E-state index in [0.717, 1.165) is 22.4 Å². The van der Waals surface area contributed by atoms with Gasteiger partial charge in [-0.3, -0.25) is 4.79 Å². The molecule has 4 nitrogen and oxygen atoms in total. The van der Waals surface area contributed by atoms with Gasteiger partial charge in [0.1, 0.15) is 16.4 Å². The molecule has 2 aliphatic rings. The molecule has 2 heterocycles. The standard InChI is InChI=1S/C15H21N3OS2/c1-3-10(13(16)19)20-14-12-9-5-4-8(2)6-11(9)21-15(12)18-7-17-14/h7-11H,3-6H2,1-2H3,(H2,16,19). The smallest absolute Gasteiger partial charge is 0.230 e. The zero-order valence-electron chi connectivity index (χ0n) is 12.4. The first kappa shape index (κ1) is 15.2. The van der Waals surface area contributed by atoms with E-state index in [0.29, 0.717) is 11.2 Å². The largest absolute Gasteiger partial charge is 0.369 e. The number of nitrogens with two attached hydrogens (primary N) is 1. The summed E-state index contributed by atoms with van der Waals surface area (Å²) < 4.78 is 0. The summed E-state index contributed by atoms with van der Waals surface area (Å²) in [6, 6.07) is 0. The van der Waals surface area contributed by atoms with Gasteiger partial charge in [0.05, 0.1) is 5.25 Å². The Labute approximate surface area is 134 Å². The monoisotopic (exact) mass is 323 g/mol. The third-order valence-electron chi connectivity index (χ3n) is 4.44. The summed E-state index contributed by atoms with van der Waals surface area (Å²) in [5.41, 5.74) is 6.76. The van der Waals surface area contributed by atoms with Crippen LogP contribution < -0.4 is 5.73 Å². The lowest BCUT2D eigenvalue weighted by molar-refractivity contribution is -0.117. The van der Waals surface area contributed by atoms with Gasteiger partial charge in [-0.2, -0.15) is 0 Å². The van der Waals surface area contributed by atoms with Gasteiger partial charge in [-0.15, -0.1) is 11.8 Å². The molecular formula is C15H21N3OS2. The van der Waals surface area contributed by atoms with Crippen LogP contribution in [0, 0.1) is 5.92 Å². The van der Waals surface area contributed by atoms with Crippen molar-refractivity contribution in [2.45, 2.75) is 66.0 Å². The van der Waals surface area contributed by atoms with Crippen molar-refractivity contribution in [3.63, 3.8) is 0 Å². The second-order valence-electron chi connectivity index (χ2n) is 6.00. The van der Waals surface area contributed by atoms with E-state index in [1.54, 1.807) is 6.33 Å². The Morgan fingerprint density at radius 3 is 3.05 bits per heavy atom. The highest BCUT2D eigenvalue weighted by atomic mass is 32.2. The van der Waals surface area contributed by atoms with Crippen molar-refractivity contribution in [3.05, 3.63) is 11.9 Å². The molecule has 1 aliphatic carbocycles. The van der Waals surface area contributed by atoms with Crippen molar-refractivity contribution in [3.8, 4) is 0 Å². The van der Waals surface area contributed by atoms with E-state index in [9.17, 15) is 4.79 Å². The zero-order valence-corrected chi connectivity index (χ0v) is 14.0. The number of aromatic nitrogens is 2. The molecule has 1 saturated carbocycles. The lowest BCUT2D eigenvalue weighted by atomic mass is 9.80. The van der Waals surface area contributed by atoms with E-state index < -0.39 is 0 Å². The highest BCUT2D eigenvalue weighted by Gasteiger charge is 2.40. The van der Waals surface area contributed by atoms with Gasteiger partial charge in [0.15, 0.2) is 0 Å². The predicted octanol–water partition coefficient (Wildman–Crippen LogP) is 3.21. The SMILES string of the molecule is CCC(Sc1ncnc2c1C1CCC(C)CC1S2)C(N)=O. The van der Waals surface area contributed by atoms with E-state index in [1.807, 2.05) is 18.7 Å². The Hall–Kier alpha value is -0.750. The van der Waals surface area contributed by atoms with E-state index in [4.69, 9.17) is 5.73 Å². The summed E-state index contributed by atoms with van der Waals surface area (Å²) in [6.07, 6.45) is 6.09. The first-order valence-electron chi connectivity index (χ1n) is 7.57. The van der Waals surface area contributed by atoms with Gasteiger partial charge in [0.25, 0.3) is 0 Å². The number of primary amides is 1. The average Bonchev–Trinajstić information content (AvgIpc) is 2.82. The fourth-order valence-electron chi connectivity index (χ4n) is 3.28. The van der Waals surface area contributed by atoms with E-state index >= 15 is 0 Å². The average molecular weight is 323 g/mol. The van der Waals surface area contributed by atoms with Crippen molar-refractivity contribution in [2.75, 3.05) is 0 Å². The third kappa shape index (κ3) is 2.93. The van der Waals surface area contributed by atoms with E-state index in [1.165, 1.54) is 36.6 Å². The lowest BCUT2D eigenvalue weighted by Crippen LogP contribution is -2.25. The first-order chi connectivity index (χ1) is 10.1. The summed E-state index contributed by atoms with van der Waals surface area (Å²) >= 11 is 3.42. The Morgan fingerprint density at radius 2 is 2.33 bits per heavy atom. The van der Waals surface area contributed by atoms with Gasteiger partial charge >= 0.3 is 0 Å². The van der Waals surface area contributed by atoms with Gasteiger partial charge < -0.3 is 5.73 Å². The molecule has 4 atom stereocenters. The number of nitrogens with zero attached hydrogens (tertiary/aromatic N) is 2. The van der Waals surface area contributed by atoms with Crippen LogP contribution in [0.5, 0.6) is 0 Å². The molecule has 4 unspecified atom stereocenters. The molecule has 1 aromatic heterocycles. The van der Waals surface area contributed by atoms with E-state index in [-0.39, 0.29) is 11.2 Å². The van der Waals surface area contributed by atoms with Crippen LogP contribution in [0.3, 0.4) is 0 Å². The second-order valence-corrected chi connectivity index (χ2v) is 8.42. The van der Waals surface area contributed by atoms with Crippen molar-refractivity contribution in [1.82, 2.24) is 9.97 Å². The molecule has 1 amide bonds. The molecule has 114 valence electrons. The topological polar surface area (TPSA) is 68.9 Å². The number of amides is 1. The van der Waals surface area contributed by atoms with Gasteiger partial charge in [0, 0.05) is 16.7 Å². The minimum Gasteiger partial charge on any atom is -0.369 e. The summed E-state index contributed by atoms with van der Waals surface area (Å²) in [6.45, 7) is 4.32. The van der Waals surface area contributed by atoms with Gasteiger partial charge in [-0.25, -0.2) is 9.97 Å². The molecule has 0 spiro atoms. The molecule has 21 heavy (non-hydrogen) atoms. The Kier molecular flexibility index (Phi) is 4.45. The number of carbonyl (C=O) groups excluding carboxylic acids is 1. The Morgan fingerprint density at radius 1 is 1.52 bits per heavy atom. The normalized spacial score (nSPS) is 28.8. The number of thioether (sulfide) groups is 2. The van der Waals surface area contributed by atoms with Crippen molar-refractivity contribution < 1.29 is 4.79 Å². The maximum absolute atomic E-state index is 11.5. The maximum Gasteiger partial charge on any atom is 0.230 e. The lowest BCUT2D eigenvalue weighted by Gasteiger charge is -2.29. The fraction of sp³-hybridized carbons (Fsp3) is 0.667. The number of hydrogen-bond donors (Lipinski definition) is 1. The molecule has 1 fully saturated rings. The summed E-state index contributed by atoms with van der Waals surface area (Å²) in [7, 11) is 0. The van der Waals surface area contributed by atoms with Crippen LogP contribution in [0.1, 0.15) is 51.0 Å².